The van der Waals surface area contributed by atoms with Crippen LogP contribution in [-0.2, 0) is 0 Å². The van der Waals surface area contributed by atoms with Gasteiger partial charge in [-0.1, -0.05) is 11.6 Å². The molecule has 2 aromatic carbocycles. The van der Waals surface area contributed by atoms with Gasteiger partial charge in [0.25, 0.3) is 5.91 Å². The number of hydrogen-bond donors (Lipinski definition) is 1. The summed E-state index contributed by atoms with van der Waals surface area (Å²) in [5, 5.41) is 3.20. The van der Waals surface area contributed by atoms with Crippen molar-refractivity contribution in [1.29, 1.82) is 0 Å². The molecule has 0 aliphatic carbocycles. The molecule has 6 heteroatoms. The maximum absolute atomic E-state index is 12.1. The lowest BCUT2D eigenvalue weighted by atomic mass is 10.2. The molecular formula is C17H16ClNO4. The highest BCUT2D eigenvalue weighted by molar-refractivity contribution is 6.31. The summed E-state index contributed by atoms with van der Waals surface area (Å²) in [6.45, 7) is 0.624. The SMILES string of the molecule is COc1ccc(Cl)cc1C(=O)NCCOc1ccc(C=O)cc1. The highest BCUT2D eigenvalue weighted by Gasteiger charge is 2.12. The second kappa shape index (κ2) is 8.19. The van der Waals surface area contributed by atoms with E-state index in [4.69, 9.17) is 21.1 Å². The summed E-state index contributed by atoms with van der Waals surface area (Å²) in [5.74, 6) is 0.798. The number of methoxy groups -OCH3 is 1. The Balaban J connectivity index is 1.85. The van der Waals surface area contributed by atoms with Crippen molar-refractivity contribution >= 4 is 23.8 Å². The topological polar surface area (TPSA) is 64.6 Å². The first-order valence-corrected chi connectivity index (χ1v) is 7.31. The Bertz CT molecular complexity index is 685. The van der Waals surface area contributed by atoms with Crippen molar-refractivity contribution in [2.75, 3.05) is 20.3 Å². The maximum Gasteiger partial charge on any atom is 0.255 e. The van der Waals surface area contributed by atoms with Crippen LogP contribution in [0.5, 0.6) is 11.5 Å². The van der Waals surface area contributed by atoms with Crippen molar-refractivity contribution in [3.63, 3.8) is 0 Å². The van der Waals surface area contributed by atoms with Gasteiger partial charge in [-0.2, -0.15) is 0 Å². The lowest BCUT2D eigenvalue weighted by Gasteiger charge is -2.10. The average molecular weight is 334 g/mol. The Morgan fingerprint density at radius 1 is 1.22 bits per heavy atom. The van der Waals surface area contributed by atoms with Gasteiger partial charge >= 0.3 is 0 Å². The first kappa shape index (κ1) is 16.8. The van der Waals surface area contributed by atoms with Crippen LogP contribution in [0.1, 0.15) is 20.7 Å². The van der Waals surface area contributed by atoms with E-state index < -0.39 is 0 Å². The molecule has 1 N–H and O–H groups in total. The van der Waals surface area contributed by atoms with Crippen LogP contribution < -0.4 is 14.8 Å². The van der Waals surface area contributed by atoms with Gasteiger partial charge in [-0.05, 0) is 42.5 Å². The smallest absolute Gasteiger partial charge is 0.255 e. The number of hydrogen-bond acceptors (Lipinski definition) is 4. The zero-order valence-corrected chi connectivity index (χ0v) is 13.3. The monoisotopic (exact) mass is 333 g/mol. The van der Waals surface area contributed by atoms with Gasteiger partial charge in [-0.15, -0.1) is 0 Å². The number of ether oxygens (including phenoxy) is 2. The summed E-state index contributed by atoms with van der Waals surface area (Å²) in [4.78, 5) is 22.7. The summed E-state index contributed by atoms with van der Waals surface area (Å²) < 4.78 is 10.6. The van der Waals surface area contributed by atoms with Crippen LogP contribution in [0.25, 0.3) is 0 Å². The van der Waals surface area contributed by atoms with E-state index in [0.717, 1.165) is 6.29 Å². The van der Waals surface area contributed by atoms with Crippen molar-refractivity contribution < 1.29 is 19.1 Å². The van der Waals surface area contributed by atoms with Gasteiger partial charge in [-0.25, -0.2) is 0 Å². The number of rotatable bonds is 7. The van der Waals surface area contributed by atoms with Gasteiger partial charge in [0, 0.05) is 10.6 Å². The molecule has 0 spiro atoms. The third-order valence-corrected chi connectivity index (χ3v) is 3.31. The molecule has 0 aliphatic rings. The van der Waals surface area contributed by atoms with Gasteiger partial charge in [0.2, 0.25) is 0 Å². The minimum absolute atomic E-state index is 0.288. The van der Waals surface area contributed by atoms with Crippen LogP contribution in [0.4, 0.5) is 0 Å². The molecule has 23 heavy (non-hydrogen) atoms. The third-order valence-electron chi connectivity index (χ3n) is 3.08. The summed E-state index contributed by atoms with van der Waals surface area (Å²) in [6.07, 6.45) is 0.766. The molecule has 5 nitrogen and oxygen atoms in total. The van der Waals surface area contributed by atoms with Crippen molar-refractivity contribution in [1.82, 2.24) is 5.32 Å². The molecule has 2 rings (SSSR count). The largest absolute Gasteiger partial charge is 0.496 e. The van der Waals surface area contributed by atoms with E-state index in [0.29, 0.717) is 40.8 Å². The fourth-order valence-electron chi connectivity index (χ4n) is 1.93. The van der Waals surface area contributed by atoms with E-state index in [1.54, 1.807) is 42.5 Å². The maximum atomic E-state index is 12.1. The average Bonchev–Trinajstić information content (AvgIpc) is 2.59. The number of carbonyl (C=O) groups excluding carboxylic acids is 2. The number of nitrogens with one attached hydrogen (secondary N) is 1. The van der Waals surface area contributed by atoms with Gasteiger partial charge in [-0.3, -0.25) is 9.59 Å². The van der Waals surface area contributed by atoms with E-state index >= 15 is 0 Å². The zero-order valence-electron chi connectivity index (χ0n) is 12.5. The Morgan fingerprint density at radius 2 is 1.96 bits per heavy atom. The van der Waals surface area contributed by atoms with Crippen molar-refractivity contribution in [2.24, 2.45) is 0 Å². The molecule has 0 saturated heterocycles. The van der Waals surface area contributed by atoms with E-state index in [2.05, 4.69) is 5.32 Å². The first-order chi connectivity index (χ1) is 11.1. The quantitative estimate of drug-likeness (QED) is 0.625. The molecule has 0 bridgehead atoms. The van der Waals surface area contributed by atoms with Crippen LogP contribution in [0.2, 0.25) is 5.02 Å². The molecule has 0 heterocycles. The molecule has 2 aromatic rings. The molecular weight excluding hydrogens is 318 g/mol. The fourth-order valence-corrected chi connectivity index (χ4v) is 2.10. The third kappa shape index (κ3) is 4.72. The number of amides is 1. The van der Waals surface area contributed by atoms with Gasteiger partial charge in [0.1, 0.15) is 24.4 Å². The number of halogens is 1. The van der Waals surface area contributed by atoms with Crippen LogP contribution in [-0.4, -0.2) is 32.5 Å². The van der Waals surface area contributed by atoms with Gasteiger partial charge < -0.3 is 14.8 Å². The normalized spacial score (nSPS) is 10.0. The van der Waals surface area contributed by atoms with Crippen molar-refractivity contribution in [3.8, 4) is 11.5 Å². The lowest BCUT2D eigenvalue weighted by molar-refractivity contribution is 0.0943. The van der Waals surface area contributed by atoms with Gasteiger partial charge in [0.15, 0.2) is 0 Å². The highest BCUT2D eigenvalue weighted by atomic mass is 35.5. The van der Waals surface area contributed by atoms with E-state index in [1.165, 1.54) is 7.11 Å². The van der Waals surface area contributed by atoms with Crippen LogP contribution in [0.3, 0.4) is 0 Å². The molecule has 0 aliphatic heterocycles. The number of carbonyl (C=O) groups is 2. The van der Waals surface area contributed by atoms with Crippen molar-refractivity contribution in [3.05, 3.63) is 58.6 Å². The standard InChI is InChI=1S/C17H16ClNO4/c1-22-16-7-4-13(18)10-15(16)17(21)19-8-9-23-14-5-2-12(11-20)3-6-14/h2-7,10-11H,8-9H2,1H3,(H,19,21). The molecule has 0 radical (unpaired) electrons. The predicted octanol–water partition coefficient (Wildman–Crippen LogP) is 2.97. The highest BCUT2D eigenvalue weighted by Crippen LogP contribution is 2.22. The summed E-state index contributed by atoms with van der Waals surface area (Å²) >= 11 is 5.90. The van der Waals surface area contributed by atoms with Crippen molar-refractivity contribution in [2.45, 2.75) is 0 Å². The predicted molar refractivity (Wildman–Crippen MR) is 87.7 cm³/mol. The Morgan fingerprint density at radius 3 is 2.61 bits per heavy atom. The second-order valence-corrected chi connectivity index (χ2v) is 5.07. The second-order valence-electron chi connectivity index (χ2n) is 4.64. The van der Waals surface area contributed by atoms with Crippen LogP contribution >= 0.6 is 11.6 Å². The first-order valence-electron chi connectivity index (χ1n) is 6.94. The molecule has 0 unspecified atom stereocenters. The molecule has 0 aromatic heterocycles. The van der Waals surface area contributed by atoms with Crippen LogP contribution in [0, 0.1) is 0 Å². The molecule has 1 amide bonds. The zero-order chi connectivity index (χ0) is 16.7. The minimum Gasteiger partial charge on any atom is -0.496 e. The summed E-state index contributed by atoms with van der Waals surface area (Å²) in [6, 6.07) is 11.6. The molecule has 120 valence electrons. The van der Waals surface area contributed by atoms with Crippen LogP contribution in [0.15, 0.2) is 42.5 Å². The van der Waals surface area contributed by atoms with E-state index in [-0.39, 0.29) is 5.91 Å². The Hall–Kier alpha value is -2.53. The summed E-state index contributed by atoms with van der Waals surface area (Å²) in [5.41, 5.74) is 0.953. The fraction of sp³-hybridized carbons (Fsp3) is 0.176. The summed E-state index contributed by atoms with van der Waals surface area (Å²) in [7, 11) is 1.49. The van der Waals surface area contributed by atoms with Gasteiger partial charge in [0.05, 0.1) is 19.2 Å². The Labute approximate surface area is 139 Å². The minimum atomic E-state index is -0.288. The lowest BCUT2D eigenvalue weighted by Crippen LogP contribution is -2.28. The molecule has 0 atom stereocenters. The number of aldehydes is 1. The Kier molecular flexibility index (Phi) is 6.00. The molecule has 0 saturated carbocycles. The van der Waals surface area contributed by atoms with E-state index in [1.807, 2.05) is 0 Å². The number of benzene rings is 2. The molecule has 0 fully saturated rings. The van der Waals surface area contributed by atoms with E-state index in [9.17, 15) is 9.59 Å².